The third-order valence-electron chi connectivity index (χ3n) is 3.29. The van der Waals surface area contributed by atoms with E-state index in [0.29, 0.717) is 11.9 Å². The summed E-state index contributed by atoms with van der Waals surface area (Å²) in [4.78, 5) is 0. The highest BCUT2D eigenvalue weighted by Gasteiger charge is 2.24. The molecule has 0 bridgehead atoms. The zero-order valence-corrected chi connectivity index (χ0v) is 9.74. The van der Waals surface area contributed by atoms with Crippen LogP contribution in [0.1, 0.15) is 0 Å². The van der Waals surface area contributed by atoms with E-state index in [1.807, 2.05) is 22.8 Å². The molecule has 2 aromatic carbocycles. The van der Waals surface area contributed by atoms with Crippen molar-refractivity contribution in [3.05, 3.63) is 47.6 Å². The van der Waals surface area contributed by atoms with Gasteiger partial charge in [0.15, 0.2) is 0 Å². The Kier molecular flexibility index (Phi) is 1.69. The van der Waals surface area contributed by atoms with Crippen LogP contribution in [-0.4, -0.2) is 0 Å². The molecule has 1 aliphatic heterocycles. The lowest BCUT2D eigenvalue weighted by Gasteiger charge is -2.15. The summed E-state index contributed by atoms with van der Waals surface area (Å²) >= 11 is 6.22. The third-order valence-corrected chi connectivity index (χ3v) is 3.62. The number of halogens is 1. The highest BCUT2D eigenvalue weighted by molar-refractivity contribution is 6.28. The minimum Gasteiger partial charge on any atom is -0.435 e. The summed E-state index contributed by atoms with van der Waals surface area (Å²) in [5.74, 6) is 0.940. The highest BCUT2D eigenvalue weighted by atomic mass is 35.5. The van der Waals surface area contributed by atoms with Crippen molar-refractivity contribution < 1.29 is 9.30 Å². The van der Waals surface area contributed by atoms with Gasteiger partial charge in [-0.25, -0.2) is 0 Å². The first-order valence-electron chi connectivity index (χ1n) is 5.51. The second kappa shape index (κ2) is 3.11. The molecule has 0 N–H and O–H groups in total. The van der Waals surface area contributed by atoms with Gasteiger partial charge in [-0.1, -0.05) is 18.2 Å². The summed E-state index contributed by atoms with van der Waals surface area (Å²) in [5, 5.41) is 4.24. The van der Waals surface area contributed by atoms with Crippen molar-refractivity contribution in [3.63, 3.8) is 0 Å². The van der Waals surface area contributed by atoms with Crippen LogP contribution in [0.25, 0.3) is 21.7 Å². The predicted molar refractivity (Wildman–Crippen MR) is 67.3 cm³/mol. The molecule has 1 aromatic heterocycles. The fourth-order valence-electron chi connectivity index (χ4n) is 2.50. The van der Waals surface area contributed by atoms with E-state index in [1.165, 1.54) is 10.8 Å². The first-order valence-corrected chi connectivity index (χ1v) is 5.89. The molecule has 0 amide bonds. The lowest BCUT2D eigenvalue weighted by atomic mass is 10.0. The van der Waals surface area contributed by atoms with Crippen molar-refractivity contribution in [3.8, 4) is 5.75 Å². The van der Waals surface area contributed by atoms with Gasteiger partial charge in [-0.2, -0.15) is 0 Å². The van der Waals surface area contributed by atoms with E-state index >= 15 is 0 Å². The SMILES string of the molecule is Clc1ccc2ccc3cccc4c3c2[n+]1CO4. The lowest BCUT2D eigenvalue weighted by Crippen LogP contribution is -2.40. The van der Waals surface area contributed by atoms with Crippen molar-refractivity contribution in [1.29, 1.82) is 0 Å². The van der Waals surface area contributed by atoms with Gasteiger partial charge in [-0.3, -0.25) is 0 Å². The number of nitrogens with zero attached hydrogens (tertiary/aromatic N) is 1. The predicted octanol–water partition coefficient (Wildman–Crippen LogP) is 3.28. The normalized spacial score (nSPS) is 13.2. The Balaban J connectivity index is 2.39. The molecule has 2 nitrogen and oxygen atoms in total. The van der Waals surface area contributed by atoms with Crippen molar-refractivity contribution in [2.75, 3.05) is 0 Å². The van der Waals surface area contributed by atoms with Crippen LogP contribution in [0.3, 0.4) is 0 Å². The molecule has 3 aromatic rings. The Hall–Kier alpha value is -1.80. The van der Waals surface area contributed by atoms with Crippen LogP contribution in [0.15, 0.2) is 42.5 Å². The summed E-state index contributed by atoms with van der Waals surface area (Å²) in [6, 6.07) is 14.3. The van der Waals surface area contributed by atoms with Crippen LogP contribution < -0.4 is 9.30 Å². The molecule has 82 valence electrons. The molecule has 0 saturated carbocycles. The van der Waals surface area contributed by atoms with E-state index in [2.05, 4.69) is 24.3 Å². The molecule has 0 spiro atoms. The van der Waals surface area contributed by atoms with Crippen LogP contribution in [0.2, 0.25) is 5.15 Å². The van der Waals surface area contributed by atoms with Gasteiger partial charge in [-0.05, 0) is 35.2 Å². The summed E-state index contributed by atoms with van der Waals surface area (Å²) < 4.78 is 7.75. The van der Waals surface area contributed by atoms with E-state index in [0.717, 1.165) is 16.7 Å². The Bertz CT molecular complexity index is 767. The van der Waals surface area contributed by atoms with Crippen LogP contribution in [0.5, 0.6) is 5.75 Å². The number of benzene rings is 2. The molecule has 0 unspecified atom stereocenters. The first-order chi connectivity index (χ1) is 8.34. The molecule has 0 fully saturated rings. The molecule has 17 heavy (non-hydrogen) atoms. The number of rotatable bonds is 0. The summed E-state index contributed by atoms with van der Waals surface area (Å²) in [5.41, 5.74) is 1.16. The molecular weight excluding hydrogens is 234 g/mol. The molecule has 2 heterocycles. The fraction of sp³-hybridized carbons (Fsp3) is 0.0714. The highest BCUT2D eigenvalue weighted by Crippen LogP contribution is 2.33. The monoisotopic (exact) mass is 242 g/mol. The maximum absolute atomic E-state index is 6.22. The van der Waals surface area contributed by atoms with E-state index in [-0.39, 0.29) is 0 Å². The van der Waals surface area contributed by atoms with Crippen LogP contribution in [-0.2, 0) is 6.73 Å². The second-order valence-corrected chi connectivity index (χ2v) is 4.60. The zero-order chi connectivity index (χ0) is 11.4. The molecule has 0 atom stereocenters. The largest absolute Gasteiger partial charge is 0.435 e. The molecular formula is C14H9ClNO+. The maximum atomic E-state index is 6.22. The van der Waals surface area contributed by atoms with Gasteiger partial charge in [0.25, 0.3) is 11.9 Å². The maximum Gasteiger partial charge on any atom is 0.294 e. The van der Waals surface area contributed by atoms with Gasteiger partial charge in [0, 0.05) is 11.5 Å². The zero-order valence-electron chi connectivity index (χ0n) is 8.98. The Morgan fingerprint density at radius 1 is 1.00 bits per heavy atom. The Morgan fingerprint density at radius 3 is 2.76 bits per heavy atom. The minimum atomic E-state index is 0.478. The van der Waals surface area contributed by atoms with Crippen molar-refractivity contribution >= 4 is 33.3 Å². The van der Waals surface area contributed by atoms with Crippen LogP contribution in [0, 0.1) is 0 Å². The summed E-state index contributed by atoms with van der Waals surface area (Å²) in [6.45, 7) is 0.478. The molecule has 0 saturated heterocycles. The van der Waals surface area contributed by atoms with E-state index < -0.39 is 0 Å². The number of aromatic nitrogens is 1. The van der Waals surface area contributed by atoms with E-state index in [4.69, 9.17) is 16.3 Å². The van der Waals surface area contributed by atoms with Gasteiger partial charge < -0.3 is 4.74 Å². The van der Waals surface area contributed by atoms with Gasteiger partial charge >= 0.3 is 0 Å². The standard InChI is InChI=1S/C14H9ClNO/c15-12-7-6-10-5-4-9-2-1-3-11-13(9)14(10)16(12)8-17-11/h1-7H,8H2/q+1. The van der Waals surface area contributed by atoms with Gasteiger partial charge in [0.2, 0.25) is 5.52 Å². The topological polar surface area (TPSA) is 13.1 Å². The number of hydrogen-bond donors (Lipinski definition) is 0. The molecule has 1 aliphatic rings. The molecule has 0 radical (unpaired) electrons. The van der Waals surface area contributed by atoms with Gasteiger partial charge in [0.05, 0.1) is 5.39 Å². The van der Waals surface area contributed by atoms with Crippen LogP contribution in [0.4, 0.5) is 0 Å². The average Bonchev–Trinajstić information content (AvgIpc) is 2.38. The van der Waals surface area contributed by atoms with Crippen molar-refractivity contribution in [2.45, 2.75) is 6.73 Å². The first kappa shape index (κ1) is 9.25. The van der Waals surface area contributed by atoms with Crippen molar-refractivity contribution in [1.82, 2.24) is 0 Å². The molecule has 3 heteroatoms. The van der Waals surface area contributed by atoms with Crippen molar-refractivity contribution in [2.24, 2.45) is 0 Å². The quantitative estimate of drug-likeness (QED) is 0.335. The minimum absolute atomic E-state index is 0.478. The van der Waals surface area contributed by atoms with E-state index in [9.17, 15) is 0 Å². The summed E-state index contributed by atoms with van der Waals surface area (Å²) in [7, 11) is 0. The summed E-state index contributed by atoms with van der Waals surface area (Å²) in [6.07, 6.45) is 0. The van der Waals surface area contributed by atoms with Gasteiger partial charge in [0.1, 0.15) is 5.75 Å². The molecule has 4 rings (SSSR count). The Morgan fingerprint density at radius 2 is 1.82 bits per heavy atom. The lowest BCUT2D eigenvalue weighted by molar-refractivity contribution is -0.699. The smallest absolute Gasteiger partial charge is 0.294 e. The second-order valence-electron chi connectivity index (χ2n) is 4.22. The Labute approximate surface area is 103 Å². The van der Waals surface area contributed by atoms with E-state index in [1.54, 1.807) is 0 Å². The third kappa shape index (κ3) is 1.13. The average molecular weight is 243 g/mol. The molecule has 0 aliphatic carbocycles. The fourth-order valence-corrected chi connectivity index (χ4v) is 2.70. The van der Waals surface area contributed by atoms with Gasteiger partial charge in [-0.15, -0.1) is 4.57 Å². The number of hydrogen-bond acceptors (Lipinski definition) is 1. The number of ether oxygens (including phenoxy) is 1. The number of pyridine rings is 1. The van der Waals surface area contributed by atoms with Crippen LogP contribution >= 0.6 is 11.6 Å².